The minimum absolute atomic E-state index is 0.214. The molecule has 0 bridgehead atoms. The van der Waals surface area contributed by atoms with Crippen LogP contribution in [-0.4, -0.2) is 73.8 Å². The molecule has 1 amide bonds. The van der Waals surface area contributed by atoms with Crippen molar-refractivity contribution in [2.75, 3.05) is 13.2 Å². The summed E-state index contributed by atoms with van der Waals surface area (Å²) in [6.07, 6.45) is -10.1. The van der Waals surface area contributed by atoms with Crippen molar-refractivity contribution in [1.82, 2.24) is 5.32 Å². The number of carbonyl (C=O) groups is 4. The molecule has 1 aliphatic heterocycles. The van der Waals surface area contributed by atoms with Crippen LogP contribution < -0.4 is 5.32 Å². The number of nitrogens with one attached hydrogen (secondary N) is 1. The lowest BCUT2D eigenvalue weighted by molar-refractivity contribution is -0.276. The lowest BCUT2D eigenvalue weighted by Gasteiger charge is -2.44. The van der Waals surface area contributed by atoms with Crippen molar-refractivity contribution in [3.05, 3.63) is 12.7 Å². The summed E-state index contributed by atoms with van der Waals surface area (Å²) in [5.74, 6) is -4.92. The summed E-state index contributed by atoms with van der Waals surface area (Å²) in [7, 11) is 0. The predicted octanol–water partition coefficient (Wildman–Crippen LogP) is 0.387. The van der Waals surface area contributed by atoms with Crippen molar-refractivity contribution < 1.29 is 56.0 Å². The van der Waals surface area contributed by atoms with Crippen LogP contribution in [0.15, 0.2) is 12.7 Å². The summed E-state index contributed by atoms with van der Waals surface area (Å²) < 4.78 is 64.1. The van der Waals surface area contributed by atoms with Crippen LogP contribution in [0.25, 0.3) is 0 Å². The maximum Gasteiger partial charge on any atom is 0.471 e. The van der Waals surface area contributed by atoms with Crippen molar-refractivity contribution >= 4 is 23.8 Å². The first-order valence-electron chi connectivity index (χ1n) is 8.60. The molecule has 1 N–H and O–H groups in total. The molecule has 0 spiro atoms. The minimum Gasteiger partial charge on any atom is -0.463 e. The lowest BCUT2D eigenvalue weighted by Crippen LogP contribution is -2.67. The summed E-state index contributed by atoms with van der Waals surface area (Å²) in [5.41, 5.74) is 0. The van der Waals surface area contributed by atoms with E-state index < -0.39 is 67.2 Å². The van der Waals surface area contributed by atoms with Gasteiger partial charge in [-0.1, -0.05) is 6.08 Å². The van der Waals surface area contributed by atoms with Gasteiger partial charge < -0.3 is 29.0 Å². The van der Waals surface area contributed by atoms with Crippen LogP contribution >= 0.6 is 0 Å². The Morgan fingerprint density at radius 3 is 2.07 bits per heavy atom. The molecule has 1 unspecified atom stereocenters. The highest BCUT2D eigenvalue weighted by molar-refractivity contribution is 5.82. The van der Waals surface area contributed by atoms with Gasteiger partial charge in [0.05, 0.1) is 6.61 Å². The van der Waals surface area contributed by atoms with E-state index in [0.29, 0.717) is 0 Å². The SMILES string of the molecule is C=CCO[C@H]1OC(COC(C)=O)[C@@H](OC(C)=O)[C@H](OC(C)=O)[C@H]1NC(=O)C(F)(F)F. The number of ether oxygens (including phenoxy) is 5. The van der Waals surface area contributed by atoms with E-state index in [9.17, 15) is 32.3 Å². The van der Waals surface area contributed by atoms with E-state index in [-0.39, 0.29) is 6.61 Å². The number of hydrogen-bond donors (Lipinski definition) is 1. The minimum atomic E-state index is -5.27. The summed E-state index contributed by atoms with van der Waals surface area (Å²) in [4.78, 5) is 45.8. The summed E-state index contributed by atoms with van der Waals surface area (Å²) >= 11 is 0. The number of esters is 3. The fraction of sp³-hybridized carbons (Fsp3) is 0.647. The average molecular weight is 441 g/mol. The Balaban J connectivity index is 3.35. The molecule has 0 aliphatic carbocycles. The van der Waals surface area contributed by atoms with Crippen LogP contribution in [0.3, 0.4) is 0 Å². The third-order valence-electron chi connectivity index (χ3n) is 3.63. The smallest absolute Gasteiger partial charge is 0.463 e. The summed E-state index contributed by atoms with van der Waals surface area (Å²) in [5, 5.41) is 1.64. The normalized spacial score (nSPS) is 26.3. The molecule has 10 nitrogen and oxygen atoms in total. The van der Waals surface area contributed by atoms with Crippen LogP contribution in [0.1, 0.15) is 20.8 Å². The van der Waals surface area contributed by atoms with Crippen molar-refractivity contribution in [3.63, 3.8) is 0 Å². The Morgan fingerprint density at radius 1 is 1.03 bits per heavy atom. The zero-order chi connectivity index (χ0) is 23.1. The second-order valence-corrected chi connectivity index (χ2v) is 6.11. The fourth-order valence-corrected chi connectivity index (χ4v) is 2.59. The van der Waals surface area contributed by atoms with Gasteiger partial charge in [0, 0.05) is 20.8 Å². The van der Waals surface area contributed by atoms with Gasteiger partial charge in [-0.25, -0.2) is 0 Å². The number of halogens is 3. The molecular formula is C17H22F3NO9. The summed E-state index contributed by atoms with van der Waals surface area (Å²) in [6.45, 7) is 5.73. The lowest BCUT2D eigenvalue weighted by atomic mass is 9.96. The zero-order valence-corrected chi connectivity index (χ0v) is 16.4. The molecule has 30 heavy (non-hydrogen) atoms. The van der Waals surface area contributed by atoms with E-state index in [4.69, 9.17) is 23.7 Å². The Labute approximate surface area is 169 Å². The maximum atomic E-state index is 12.8. The zero-order valence-electron chi connectivity index (χ0n) is 16.4. The third-order valence-corrected chi connectivity index (χ3v) is 3.63. The standard InChI is InChI=1S/C17H22F3NO9/c1-5-6-26-15-12(21-16(25)17(18,19)20)14(29-10(4)24)13(28-9(3)23)11(30-15)7-27-8(2)22/h5,11-15H,1,6-7H2,2-4H3,(H,21,25)/t11?,12-,13-,14-,15+/m1/s1. The molecule has 0 saturated carbocycles. The fourth-order valence-electron chi connectivity index (χ4n) is 2.59. The average Bonchev–Trinajstić information content (AvgIpc) is 2.60. The highest BCUT2D eigenvalue weighted by Gasteiger charge is 2.53. The van der Waals surface area contributed by atoms with Crippen LogP contribution in [0, 0.1) is 0 Å². The van der Waals surface area contributed by atoms with Gasteiger partial charge in [-0.2, -0.15) is 13.2 Å². The highest BCUT2D eigenvalue weighted by atomic mass is 19.4. The number of rotatable bonds is 8. The molecule has 13 heteroatoms. The van der Waals surface area contributed by atoms with Crippen molar-refractivity contribution in [1.29, 1.82) is 0 Å². The molecule has 1 saturated heterocycles. The highest BCUT2D eigenvalue weighted by Crippen LogP contribution is 2.29. The maximum absolute atomic E-state index is 12.8. The van der Waals surface area contributed by atoms with Crippen LogP contribution in [0.4, 0.5) is 13.2 Å². The monoisotopic (exact) mass is 441 g/mol. The van der Waals surface area contributed by atoms with Crippen LogP contribution in [-0.2, 0) is 42.9 Å². The number of carbonyl (C=O) groups excluding carboxylic acids is 4. The van der Waals surface area contributed by atoms with Crippen molar-refractivity contribution in [2.24, 2.45) is 0 Å². The second-order valence-electron chi connectivity index (χ2n) is 6.11. The number of hydrogen-bond acceptors (Lipinski definition) is 9. The largest absolute Gasteiger partial charge is 0.471 e. The van der Waals surface area contributed by atoms with Crippen molar-refractivity contribution in [2.45, 2.75) is 57.6 Å². The molecule has 1 fully saturated rings. The Hall–Kier alpha value is -2.67. The van der Waals surface area contributed by atoms with Crippen LogP contribution in [0.5, 0.6) is 0 Å². The van der Waals surface area contributed by atoms with E-state index in [2.05, 4.69) is 6.58 Å². The topological polar surface area (TPSA) is 126 Å². The number of alkyl halides is 3. The van der Waals surface area contributed by atoms with Gasteiger partial charge in [0.15, 0.2) is 18.5 Å². The Morgan fingerprint density at radius 2 is 1.60 bits per heavy atom. The quantitative estimate of drug-likeness (QED) is 0.323. The van der Waals surface area contributed by atoms with Gasteiger partial charge in [0.1, 0.15) is 18.8 Å². The van der Waals surface area contributed by atoms with E-state index in [1.54, 1.807) is 5.32 Å². The third kappa shape index (κ3) is 7.63. The van der Waals surface area contributed by atoms with Gasteiger partial charge in [0.25, 0.3) is 0 Å². The molecule has 1 rings (SSSR count). The first kappa shape index (κ1) is 25.4. The second kappa shape index (κ2) is 10.9. The molecular weight excluding hydrogens is 419 g/mol. The van der Waals surface area contributed by atoms with Crippen molar-refractivity contribution in [3.8, 4) is 0 Å². The van der Waals surface area contributed by atoms with E-state index >= 15 is 0 Å². The van der Waals surface area contributed by atoms with E-state index in [1.165, 1.54) is 6.08 Å². The molecule has 0 aromatic rings. The van der Waals surface area contributed by atoms with Gasteiger partial charge in [-0.15, -0.1) is 6.58 Å². The van der Waals surface area contributed by atoms with Gasteiger partial charge in [-0.05, 0) is 0 Å². The Kier molecular flexibility index (Phi) is 9.23. The van der Waals surface area contributed by atoms with E-state index in [1.807, 2.05) is 0 Å². The molecule has 0 aromatic heterocycles. The predicted molar refractivity (Wildman–Crippen MR) is 90.5 cm³/mol. The molecule has 1 aliphatic rings. The van der Waals surface area contributed by atoms with Crippen LogP contribution in [0.2, 0.25) is 0 Å². The van der Waals surface area contributed by atoms with Gasteiger partial charge in [0.2, 0.25) is 0 Å². The molecule has 1 heterocycles. The molecule has 0 aromatic carbocycles. The number of amides is 1. The first-order valence-corrected chi connectivity index (χ1v) is 8.60. The first-order chi connectivity index (χ1) is 13.9. The van der Waals surface area contributed by atoms with Gasteiger partial charge >= 0.3 is 30.0 Å². The Bertz CT molecular complexity index is 667. The summed E-state index contributed by atoms with van der Waals surface area (Å²) in [6, 6.07) is -1.72. The molecule has 5 atom stereocenters. The molecule has 0 radical (unpaired) electrons. The van der Waals surface area contributed by atoms with Gasteiger partial charge in [-0.3, -0.25) is 19.2 Å². The molecule has 170 valence electrons. The van der Waals surface area contributed by atoms with E-state index in [0.717, 1.165) is 20.8 Å².